The Bertz CT molecular complexity index is 1140. The summed E-state index contributed by atoms with van der Waals surface area (Å²) in [5.74, 6) is 0.165. The lowest BCUT2D eigenvalue weighted by molar-refractivity contribution is -0.688. The average Bonchev–Trinajstić information content (AvgIpc) is 3.15. The zero-order valence-corrected chi connectivity index (χ0v) is 16.3. The summed E-state index contributed by atoms with van der Waals surface area (Å²) < 4.78 is 7.59. The van der Waals surface area contributed by atoms with Crippen LogP contribution in [0.5, 0.6) is 0 Å². The molecule has 2 aromatic heterocycles. The molecule has 0 saturated heterocycles. The molecule has 0 saturated carbocycles. The van der Waals surface area contributed by atoms with Gasteiger partial charge in [-0.3, -0.25) is 4.79 Å². The number of halogens is 2. The van der Waals surface area contributed by atoms with Crippen LogP contribution in [0.4, 0.5) is 0 Å². The molecule has 0 N–H and O–H groups in total. The molecule has 138 valence electrons. The van der Waals surface area contributed by atoms with Crippen molar-refractivity contribution < 1.29 is 13.8 Å². The molecule has 0 aliphatic carbocycles. The van der Waals surface area contributed by atoms with E-state index < -0.39 is 0 Å². The Morgan fingerprint density at radius 3 is 2.57 bits per heavy atom. The first-order chi connectivity index (χ1) is 13.6. The topological polar surface area (TPSA) is 34.1 Å². The minimum Gasteiger partial charge on any atom is -0.453 e. The van der Waals surface area contributed by atoms with Gasteiger partial charge in [-0.25, -0.2) is 4.57 Å². The highest BCUT2D eigenvalue weighted by Crippen LogP contribution is 2.25. The first kappa shape index (κ1) is 18.5. The van der Waals surface area contributed by atoms with Gasteiger partial charge in [0.25, 0.3) is 0 Å². The largest absolute Gasteiger partial charge is 0.453 e. The molecule has 0 atom stereocenters. The average molecular weight is 409 g/mol. The molecule has 28 heavy (non-hydrogen) atoms. The maximum atomic E-state index is 12.4. The van der Waals surface area contributed by atoms with Crippen LogP contribution < -0.4 is 4.57 Å². The molecule has 0 aliphatic rings. The Morgan fingerprint density at radius 1 is 1.00 bits per heavy atom. The van der Waals surface area contributed by atoms with E-state index in [1.54, 1.807) is 18.2 Å². The predicted molar refractivity (Wildman–Crippen MR) is 112 cm³/mol. The van der Waals surface area contributed by atoms with Crippen molar-refractivity contribution in [1.82, 2.24) is 0 Å². The molecular formula is C23H16Cl2NO2+. The second-order valence-corrected chi connectivity index (χ2v) is 7.15. The second-order valence-electron chi connectivity index (χ2n) is 6.36. The lowest BCUT2D eigenvalue weighted by Crippen LogP contribution is -2.33. The number of ketones is 1. The van der Waals surface area contributed by atoms with Crippen molar-refractivity contribution in [2.45, 2.75) is 6.54 Å². The number of nitrogens with zero attached hydrogens (tertiary/aromatic N) is 1. The molecule has 5 heteroatoms. The Balaban J connectivity index is 1.46. The van der Waals surface area contributed by atoms with Crippen molar-refractivity contribution in [3.63, 3.8) is 0 Å². The number of hydrogen-bond acceptors (Lipinski definition) is 2. The van der Waals surface area contributed by atoms with Crippen molar-refractivity contribution in [3.8, 4) is 0 Å². The molecule has 4 rings (SSSR count). The van der Waals surface area contributed by atoms with E-state index in [1.807, 2.05) is 65.5 Å². The van der Waals surface area contributed by atoms with E-state index in [-0.39, 0.29) is 5.78 Å². The SMILES string of the molecule is O=C(/C=C/c1cc[n+](Cc2cccc(Cl)c2Cl)cc1)c1cc2ccccc2o1. The number of fused-ring (bicyclic) bond motifs is 1. The maximum Gasteiger partial charge on any atom is 0.221 e. The first-order valence-corrected chi connectivity index (χ1v) is 9.49. The Hall–Kier alpha value is -2.88. The molecule has 4 aromatic rings. The number of carbonyl (C=O) groups excluding carboxylic acids is 1. The number of furan rings is 1. The Labute approximate surface area is 172 Å². The van der Waals surface area contributed by atoms with Crippen molar-refractivity contribution in [1.29, 1.82) is 0 Å². The highest BCUT2D eigenvalue weighted by atomic mass is 35.5. The molecule has 0 fully saturated rings. The highest BCUT2D eigenvalue weighted by molar-refractivity contribution is 6.42. The minimum atomic E-state index is -0.168. The molecule has 0 bridgehead atoms. The molecule has 0 unspecified atom stereocenters. The van der Waals surface area contributed by atoms with Crippen LogP contribution in [0, 0.1) is 0 Å². The number of benzene rings is 2. The van der Waals surface area contributed by atoms with Crippen LogP contribution in [0.2, 0.25) is 10.0 Å². The second kappa shape index (κ2) is 8.01. The fraction of sp³-hybridized carbons (Fsp3) is 0.0435. The summed E-state index contributed by atoms with van der Waals surface area (Å²) in [5, 5.41) is 2.03. The fourth-order valence-electron chi connectivity index (χ4n) is 2.91. The van der Waals surface area contributed by atoms with E-state index in [1.165, 1.54) is 6.08 Å². The normalized spacial score (nSPS) is 11.4. The van der Waals surface area contributed by atoms with Crippen molar-refractivity contribution in [2.75, 3.05) is 0 Å². The molecule has 2 heterocycles. The van der Waals surface area contributed by atoms with Crippen LogP contribution in [0.25, 0.3) is 17.0 Å². The standard InChI is InChI=1S/C23H16Cl2NO2/c24-19-6-3-5-18(23(19)25)15-26-12-10-16(11-13-26)8-9-20(27)22-14-17-4-1-2-7-21(17)28-22/h1-14H,15H2/q+1/b9-8+. The summed E-state index contributed by atoms with van der Waals surface area (Å²) in [4.78, 5) is 12.4. The van der Waals surface area contributed by atoms with E-state index in [0.29, 0.717) is 27.9 Å². The number of allylic oxidation sites excluding steroid dienone is 1. The molecule has 0 spiro atoms. The molecular weight excluding hydrogens is 393 g/mol. The number of rotatable bonds is 5. The van der Waals surface area contributed by atoms with Gasteiger partial charge in [0.1, 0.15) is 5.58 Å². The number of hydrogen-bond donors (Lipinski definition) is 0. The van der Waals surface area contributed by atoms with E-state index in [2.05, 4.69) is 0 Å². The van der Waals surface area contributed by atoms with Crippen molar-refractivity contribution in [2.24, 2.45) is 0 Å². The van der Waals surface area contributed by atoms with Gasteiger partial charge in [-0.15, -0.1) is 0 Å². The van der Waals surface area contributed by atoms with Crippen LogP contribution in [0.3, 0.4) is 0 Å². The van der Waals surface area contributed by atoms with E-state index in [4.69, 9.17) is 27.6 Å². The summed E-state index contributed by atoms with van der Waals surface area (Å²) in [6, 6.07) is 18.8. The van der Waals surface area contributed by atoms with E-state index >= 15 is 0 Å². The van der Waals surface area contributed by atoms with Gasteiger partial charge in [0, 0.05) is 23.1 Å². The summed E-state index contributed by atoms with van der Waals surface area (Å²) in [6.07, 6.45) is 7.16. The van der Waals surface area contributed by atoms with Crippen molar-refractivity contribution in [3.05, 3.63) is 106 Å². The Kier molecular flexibility index (Phi) is 5.29. The molecule has 2 aromatic carbocycles. The van der Waals surface area contributed by atoms with Crippen molar-refractivity contribution >= 4 is 46.0 Å². The fourth-order valence-corrected chi connectivity index (χ4v) is 3.29. The highest BCUT2D eigenvalue weighted by Gasteiger charge is 2.10. The molecule has 0 radical (unpaired) electrons. The number of pyridine rings is 1. The zero-order chi connectivity index (χ0) is 19.5. The van der Waals surface area contributed by atoms with Gasteiger partial charge in [0.15, 0.2) is 24.7 Å². The van der Waals surface area contributed by atoms with Crippen LogP contribution in [0.1, 0.15) is 21.7 Å². The predicted octanol–water partition coefficient (Wildman–Crippen LogP) is 5.97. The van der Waals surface area contributed by atoms with Gasteiger partial charge >= 0.3 is 0 Å². The Morgan fingerprint density at radius 2 is 1.79 bits per heavy atom. The first-order valence-electron chi connectivity index (χ1n) is 8.73. The van der Waals surface area contributed by atoms with Crippen LogP contribution in [0.15, 0.2) is 83.6 Å². The third-order valence-corrected chi connectivity index (χ3v) is 5.25. The van der Waals surface area contributed by atoms with Gasteiger partial charge in [-0.2, -0.15) is 0 Å². The van der Waals surface area contributed by atoms with Gasteiger partial charge in [-0.1, -0.05) is 59.6 Å². The van der Waals surface area contributed by atoms with E-state index in [0.717, 1.165) is 16.5 Å². The molecule has 3 nitrogen and oxygen atoms in total. The third kappa shape index (κ3) is 4.01. The van der Waals surface area contributed by atoms with Gasteiger partial charge in [0.05, 0.1) is 10.0 Å². The summed E-state index contributed by atoms with van der Waals surface area (Å²) in [7, 11) is 0. The summed E-state index contributed by atoms with van der Waals surface area (Å²) in [6.45, 7) is 0.612. The summed E-state index contributed by atoms with van der Waals surface area (Å²) in [5.41, 5.74) is 2.57. The lowest BCUT2D eigenvalue weighted by atomic mass is 10.2. The van der Waals surface area contributed by atoms with Crippen LogP contribution >= 0.6 is 23.2 Å². The van der Waals surface area contributed by atoms with Crippen LogP contribution in [-0.4, -0.2) is 5.78 Å². The van der Waals surface area contributed by atoms with Gasteiger partial charge in [0.2, 0.25) is 5.78 Å². The quantitative estimate of drug-likeness (QED) is 0.231. The minimum absolute atomic E-state index is 0.168. The number of carbonyl (C=O) groups is 1. The number of para-hydroxylation sites is 1. The smallest absolute Gasteiger partial charge is 0.221 e. The monoisotopic (exact) mass is 408 g/mol. The van der Waals surface area contributed by atoms with Crippen LogP contribution in [-0.2, 0) is 6.54 Å². The zero-order valence-electron chi connectivity index (χ0n) is 14.8. The number of aromatic nitrogens is 1. The molecule has 0 aliphatic heterocycles. The van der Waals surface area contributed by atoms with Gasteiger partial charge < -0.3 is 4.42 Å². The molecule has 0 amide bonds. The third-order valence-electron chi connectivity index (χ3n) is 4.40. The van der Waals surface area contributed by atoms with Gasteiger partial charge in [-0.05, 0) is 29.8 Å². The summed E-state index contributed by atoms with van der Waals surface area (Å²) >= 11 is 12.3. The maximum absolute atomic E-state index is 12.4. The van der Waals surface area contributed by atoms with E-state index in [9.17, 15) is 4.79 Å². The lowest BCUT2D eigenvalue weighted by Gasteiger charge is -2.02.